The smallest absolute Gasteiger partial charge is 0.264 e. The summed E-state index contributed by atoms with van der Waals surface area (Å²) in [5, 5.41) is 0. The van der Waals surface area contributed by atoms with Gasteiger partial charge in [-0.15, -0.1) is 0 Å². The van der Waals surface area contributed by atoms with Crippen LogP contribution in [0.1, 0.15) is 16.7 Å². The van der Waals surface area contributed by atoms with Crippen LogP contribution in [-0.4, -0.2) is 15.0 Å². The first kappa shape index (κ1) is 15.6. The predicted molar refractivity (Wildman–Crippen MR) is 103 cm³/mol. The first-order chi connectivity index (χ1) is 12.6. The zero-order valence-corrected chi connectivity index (χ0v) is 15.1. The van der Waals surface area contributed by atoms with E-state index in [0.717, 1.165) is 24.1 Å². The van der Waals surface area contributed by atoms with Crippen molar-refractivity contribution in [1.29, 1.82) is 0 Å². The molecule has 0 bridgehead atoms. The average molecular weight is 361 g/mol. The van der Waals surface area contributed by atoms with Crippen molar-refractivity contribution in [2.24, 2.45) is 0 Å². The number of sulfonamides is 1. The van der Waals surface area contributed by atoms with E-state index in [4.69, 9.17) is 0 Å². The molecule has 0 aromatic heterocycles. The molecule has 0 amide bonds. The molecule has 0 N–H and O–H groups in total. The third-order valence-corrected chi connectivity index (χ3v) is 7.47. The molecule has 0 fully saturated rings. The zero-order chi connectivity index (χ0) is 17.8. The van der Waals surface area contributed by atoms with Crippen molar-refractivity contribution in [3.63, 3.8) is 0 Å². The molecular formula is C22H19NO2S. The summed E-state index contributed by atoms with van der Waals surface area (Å²) >= 11 is 0. The molecule has 1 spiro atoms. The van der Waals surface area contributed by atoms with Crippen LogP contribution in [0.3, 0.4) is 0 Å². The Morgan fingerprint density at radius 3 is 2.00 bits per heavy atom. The van der Waals surface area contributed by atoms with Crippen LogP contribution < -0.4 is 4.31 Å². The summed E-state index contributed by atoms with van der Waals surface area (Å²) in [6.07, 6.45) is 1.78. The van der Waals surface area contributed by atoms with Gasteiger partial charge < -0.3 is 0 Å². The van der Waals surface area contributed by atoms with E-state index >= 15 is 0 Å². The summed E-state index contributed by atoms with van der Waals surface area (Å²) in [6, 6.07) is 25.2. The van der Waals surface area contributed by atoms with Crippen molar-refractivity contribution in [2.45, 2.75) is 23.2 Å². The molecule has 3 aromatic rings. The lowest BCUT2D eigenvalue weighted by Crippen LogP contribution is -2.37. The van der Waals surface area contributed by atoms with Crippen LogP contribution in [0, 0.1) is 0 Å². The van der Waals surface area contributed by atoms with Crippen molar-refractivity contribution < 1.29 is 8.42 Å². The number of nitrogens with zero attached hydrogens (tertiary/aromatic N) is 1. The Bertz CT molecular complexity index is 1060. The molecule has 0 saturated heterocycles. The molecule has 26 heavy (non-hydrogen) atoms. The third kappa shape index (κ3) is 2.15. The molecule has 5 rings (SSSR count). The fourth-order valence-electron chi connectivity index (χ4n) is 4.52. The van der Waals surface area contributed by atoms with Crippen LogP contribution in [0.5, 0.6) is 0 Å². The number of anilines is 1. The lowest BCUT2D eigenvalue weighted by atomic mass is 9.80. The van der Waals surface area contributed by atoms with Crippen LogP contribution in [0.2, 0.25) is 0 Å². The number of para-hydroxylation sites is 1. The standard InChI is InChI=1S/C22H19NO2S/c24-26(25,19-10-2-1-3-11-19)23-16-22(20-12-6-7-13-21(20)23)14-17-8-4-5-9-18(17)15-22/h1-13H,14-16H2. The minimum Gasteiger partial charge on any atom is -0.265 e. The van der Waals surface area contributed by atoms with Crippen LogP contribution in [-0.2, 0) is 28.3 Å². The van der Waals surface area contributed by atoms with Crippen molar-refractivity contribution in [1.82, 2.24) is 0 Å². The first-order valence-corrected chi connectivity index (χ1v) is 10.3. The van der Waals surface area contributed by atoms with Crippen LogP contribution in [0.25, 0.3) is 0 Å². The Labute approximate surface area is 154 Å². The first-order valence-electron chi connectivity index (χ1n) is 8.84. The highest BCUT2D eigenvalue weighted by Crippen LogP contribution is 2.50. The van der Waals surface area contributed by atoms with E-state index < -0.39 is 10.0 Å². The summed E-state index contributed by atoms with van der Waals surface area (Å²) < 4.78 is 28.3. The number of hydrogen-bond donors (Lipinski definition) is 0. The molecule has 1 aliphatic heterocycles. The molecule has 0 radical (unpaired) electrons. The van der Waals surface area contributed by atoms with Gasteiger partial charge in [0.15, 0.2) is 0 Å². The molecule has 3 nitrogen and oxygen atoms in total. The maximum absolute atomic E-state index is 13.3. The molecule has 0 saturated carbocycles. The van der Waals surface area contributed by atoms with E-state index in [9.17, 15) is 8.42 Å². The summed E-state index contributed by atoms with van der Waals surface area (Å²) in [5.41, 5.74) is 4.48. The number of rotatable bonds is 2. The van der Waals surface area contributed by atoms with E-state index in [2.05, 4.69) is 30.3 Å². The molecule has 2 aliphatic rings. The molecule has 3 aromatic carbocycles. The highest BCUT2D eigenvalue weighted by molar-refractivity contribution is 7.92. The number of fused-ring (bicyclic) bond motifs is 3. The maximum atomic E-state index is 13.3. The van der Waals surface area contributed by atoms with E-state index in [1.54, 1.807) is 28.6 Å². The van der Waals surface area contributed by atoms with Gasteiger partial charge in [-0.2, -0.15) is 0 Å². The van der Waals surface area contributed by atoms with Gasteiger partial charge in [-0.3, -0.25) is 4.31 Å². The second-order valence-electron chi connectivity index (χ2n) is 7.24. The van der Waals surface area contributed by atoms with Gasteiger partial charge in [-0.1, -0.05) is 60.7 Å². The second kappa shape index (κ2) is 5.45. The molecular weight excluding hydrogens is 342 g/mol. The van der Waals surface area contributed by atoms with Gasteiger partial charge in [0.05, 0.1) is 10.6 Å². The van der Waals surface area contributed by atoms with Crippen molar-refractivity contribution in [3.8, 4) is 0 Å². The SMILES string of the molecule is O=S(=O)(c1ccccc1)N1CC2(Cc3ccccc3C2)c2ccccc21. The highest BCUT2D eigenvalue weighted by Gasteiger charge is 2.49. The Hall–Kier alpha value is -2.59. The second-order valence-corrected chi connectivity index (χ2v) is 9.11. The van der Waals surface area contributed by atoms with Gasteiger partial charge >= 0.3 is 0 Å². The van der Waals surface area contributed by atoms with Gasteiger partial charge in [0.25, 0.3) is 10.0 Å². The predicted octanol–water partition coefficient (Wildman–Crippen LogP) is 3.93. The van der Waals surface area contributed by atoms with E-state index in [0.29, 0.717) is 11.4 Å². The Kier molecular flexibility index (Phi) is 3.28. The number of benzene rings is 3. The molecule has 1 heterocycles. The Morgan fingerprint density at radius 2 is 1.31 bits per heavy atom. The van der Waals surface area contributed by atoms with Gasteiger partial charge in [-0.25, -0.2) is 8.42 Å². The quantitative estimate of drug-likeness (QED) is 0.693. The molecule has 4 heteroatoms. The average Bonchev–Trinajstić information content (AvgIpc) is 3.21. The fourth-order valence-corrected chi connectivity index (χ4v) is 6.11. The van der Waals surface area contributed by atoms with Crippen molar-refractivity contribution in [3.05, 3.63) is 95.6 Å². The fraction of sp³-hybridized carbons (Fsp3) is 0.182. The Balaban J connectivity index is 1.64. The van der Waals surface area contributed by atoms with Gasteiger partial charge in [0, 0.05) is 12.0 Å². The van der Waals surface area contributed by atoms with Crippen molar-refractivity contribution in [2.75, 3.05) is 10.8 Å². The molecule has 0 atom stereocenters. The topological polar surface area (TPSA) is 37.4 Å². The third-order valence-electron chi connectivity index (χ3n) is 5.70. The van der Waals surface area contributed by atoms with Crippen LogP contribution in [0.4, 0.5) is 5.69 Å². The van der Waals surface area contributed by atoms with Crippen LogP contribution >= 0.6 is 0 Å². The number of hydrogen-bond acceptors (Lipinski definition) is 2. The van der Waals surface area contributed by atoms with Gasteiger partial charge in [-0.05, 0) is 47.7 Å². The largest absolute Gasteiger partial charge is 0.265 e. The van der Waals surface area contributed by atoms with E-state index in [1.807, 2.05) is 24.3 Å². The van der Waals surface area contributed by atoms with Crippen LogP contribution in [0.15, 0.2) is 83.8 Å². The van der Waals surface area contributed by atoms with E-state index in [-0.39, 0.29) is 5.41 Å². The zero-order valence-electron chi connectivity index (χ0n) is 14.3. The lowest BCUT2D eigenvalue weighted by Gasteiger charge is -2.25. The van der Waals surface area contributed by atoms with Crippen molar-refractivity contribution >= 4 is 15.7 Å². The highest BCUT2D eigenvalue weighted by atomic mass is 32.2. The minimum absolute atomic E-state index is 0.165. The monoisotopic (exact) mass is 361 g/mol. The van der Waals surface area contributed by atoms with Gasteiger partial charge in [0.2, 0.25) is 0 Å². The summed E-state index contributed by atoms with van der Waals surface area (Å²) in [7, 11) is -3.57. The molecule has 130 valence electrons. The lowest BCUT2D eigenvalue weighted by molar-refractivity contribution is 0.487. The van der Waals surface area contributed by atoms with Gasteiger partial charge in [0.1, 0.15) is 0 Å². The summed E-state index contributed by atoms with van der Waals surface area (Å²) in [4.78, 5) is 0.349. The molecule has 1 aliphatic carbocycles. The summed E-state index contributed by atoms with van der Waals surface area (Å²) in [6.45, 7) is 0.498. The minimum atomic E-state index is -3.57. The maximum Gasteiger partial charge on any atom is 0.264 e. The normalized spacial score (nSPS) is 17.3. The molecule has 0 unspecified atom stereocenters. The van der Waals surface area contributed by atoms with E-state index in [1.165, 1.54) is 11.1 Å². The summed E-state index contributed by atoms with van der Waals surface area (Å²) in [5.74, 6) is 0. The Morgan fingerprint density at radius 1 is 0.731 bits per heavy atom.